The van der Waals surface area contributed by atoms with Gasteiger partial charge in [0.05, 0.1) is 13.0 Å². The fourth-order valence-electron chi connectivity index (χ4n) is 11.3. The minimum Gasteiger partial charge on any atom is -0.219 e. The zero-order chi connectivity index (χ0) is 37.6. The SMILES string of the molecule is O=S1(=O)C2=Cc3sc(cc31)[Si]13CCCCCCCCCCCCCC[Si]2(CCCCCCCCCCCCCC1)CCCCCCCCCCCCCC3. The number of hydrogen-bond donors (Lipinski definition) is 0. The van der Waals surface area contributed by atoms with E-state index in [2.05, 4.69) is 12.1 Å². The summed E-state index contributed by atoms with van der Waals surface area (Å²) in [4.78, 5) is 1.96. The maximum Gasteiger partial charge on any atom is 0.200 e. The second-order valence-corrected chi connectivity index (χ2v) is 32.0. The van der Waals surface area contributed by atoms with Gasteiger partial charge in [-0.15, -0.1) is 11.3 Å². The molecule has 1 aromatic heterocycles. The minimum absolute atomic E-state index is 0.786. The lowest BCUT2D eigenvalue weighted by Crippen LogP contribution is -2.46. The van der Waals surface area contributed by atoms with Gasteiger partial charge < -0.3 is 0 Å². The average molecular weight is 816 g/mol. The van der Waals surface area contributed by atoms with Gasteiger partial charge in [-0.05, 0) is 16.6 Å². The molecular formula is C48H86O2S2Si2. The van der Waals surface area contributed by atoms with E-state index in [4.69, 9.17) is 0 Å². The van der Waals surface area contributed by atoms with E-state index in [0.717, 1.165) is 9.42 Å². The third-order valence-corrected chi connectivity index (χ3v) is 31.4. The van der Waals surface area contributed by atoms with Crippen LogP contribution in [0.1, 0.15) is 236 Å². The summed E-state index contributed by atoms with van der Waals surface area (Å²) < 4.78 is 33.0. The van der Waals surface area contributed by atoms with Gasteiger partial charge in [0.2, 0.25) is 0 Å². The molecule has 8 rings (SSSR count). The molecule has 0 atom stereocenters. The monoisotopic (exact) mass is 815 g/mol. The van der Waals surface area contributed by atoms with E-state index in [1.807, 2.05) is 11.3 Å². The summed E-state index contributed by atoms with van der Waals surface area (Å²) in [5.41, 5.74) is 0. The summed E-state index contributed by atoms with van der Waals surface area (Å²) in [5, 5.41) is 0. The first-order valence-corrected chi connectivity index (χ1v) is 32.2. The molecule has 0 aliphatic carbocycles. The Morgan fingerprint density at radius 1 is 0.352 bits per heavy atom. The zero-order valence-electron chi connectivity index (χ0n) is 35.5. The summed E-state index contributed by atoms with van der Waals surface area (Å²) in [6.07, 6.45) is 52.0. The molecule has 0 aromatic carbocycles. The molecule has 6 bridgehead atoms. The van der Waals surface area contributed by atoms with Crippen molar-refractivity contribution in [3.8, 4) is 0 Å². The molecule has 6 heteroatoms. The summed E-state index contributed by atoms with van der Waals surface area (Å²) in [6.45, 7) is 0. The molecule has 7 aliphatic heterocycles. The van der Waals surface area contributed by atoms with Crippen molar-refractivity contribution < 1.29 is 8.42 Å². The van der Waals surface area contributed by atoms with Gasteiger partial charge in [0.15, 0.2) is 9.84 Å². The highest BCUT2D eigenvalue weighted by Gasteiger charge is 2.47. The van der Waals surface area contributed by atoms with Crippen LogP contribution in [-0.2, 0) is 9.84 Å². The van der Waals surface area contributed by atoms with Crippen molar-refractivity contribution in [3.05, 3.63) is 15.5 Å². The quantitative estimate of drug-likeness (QED) is 0.245. The molecule has 54 heavy (non-hydrogen) atoms. The third kappa shape index (κ3) is 14.3. The zero-order valence-corrected chi connectivity index (χ0v) is 39.1. The van der Waals surface area contributed by atoms with Crippen molar-refractivity contribution in [1.29, 1.82) is 0 Å². The molecule has 0 spiro atoms. The van der Waals surface area contributed by atoms with E-state index in [9.17, 15) is 0 Å². The van der Waals surface area contributed by atoms with Gasteiger partial charge in [-0.3, -0.25) is 0 Å². The number of thiophene rings is 1. The molecule has 8 heterocycles. The lowest BCUT2D eigenvalue weighted by Gasteiger charge is -2.34. The van der Waals surface area contributed by atoms with E-state index in [1.54, 1.807) is 4.50 Å². The number of rotatable bonds is 0. The largest absolute Gasteiger partial charge is 0.219 e. The van der Waals surface area contributed by atoms with Crippen molar-refractivity contribution in [2.24, 2.45) is 0 Å². The van der Waals surface area contributed by atoms with Gasteiger partial charge in [0.1, 0.15) is 8.07 Å². The van der Waals surface area contributed by atoms with Crippen LogP contribution in [0.15, 0.2) is 15.5 Å². The molecule has 7 aliphatic rings. The van der Waals surface area contributed by atoms with Gasteiger partial charge in [0.25, 0.3) is 0 Å². The second-order valence-electron chi connectivity index (χ2n) is 19.1. The Bertz CT molecular complexity index is 1220. The maximum atomic E-state index is 15.2. The first kappa shape index (κ1) is 44.9. The van der Waals surface area contributed by atoms with Crippen LogP contribution in [0.2, 0.25) is 36.3 Å². The van der Waals surface area contributed by atoms with E-state index in [-0.39, 0.29) is 0 Å². The van der Waals surface area contributed by atoms with Crippen LogP contribution >= 0.6 is 11.3 Å². The molecule has 0 fully saturated rings. The van der Waals surface area contributed by atoms with Crippen molar-refractivity contribution in [2.45, 2.75) is 272 Å². The summed E-state index contributed by atoms with van der Waals surface area (Å²) in [7, 11) is -7.46. The van der Waals surface area contributed by atoms with E-state index in [0.29, 0.717) is 0 Å². The molecule has 0 amide bonds. The predicted molar refractivity (Wildman–Crippen MR) is 246 cm³/mol. The van der Waals surface area contributed by atoms with Crippen molar-refractivity contribution in [2.75, 3.05) is 0 Å². The van der Waals surface area contributed by atoms with Gasteiger partial charge in [-0.25, -0.2) is 8.42 Å². The fraction of sp³-hybridized carbons (Fsp3) is 0.875. The molecule has 2 nitrogen and oxygen atoms in total. The Balaban J connectivity index is 1.54. The Kier molecular flexibility index (Phi) is 21.1. The molecule has 0 unspecified atom stereocenters. The van der Waals surface area contributed by atoms with Crippen LogP contribution in [0.3, 0.4) is 0 Å². The highest BCUT2D eigenvalue weighted by molar-refractivity contribution is 7.98. The van der Waals surface area contributed by atoms with Crippen LogP contribution in [0, 0.1) is 0 Å². The molecule has 1 aromatic rings. The van der Waals surface area contributed by atoms with Gasteiger partial charge in [0, 0.05) is 9.41 Å². The first-order chi connectivity index (χ1) is 26.6. The van der Waals surface area contributed by atoms with Crippen molar-refractivity contribution in [3.63, 3.8) is 0 Å². The normalized spacial score (nSPS) is 29.9. The lowest BCUT2D eigenvalue weighted by atomic mass is 10.1. The van der Waals surface area contributed by atoms with Crippen LogP contribution in [-0.4, -0.2) is 24.6 Å². The fourth-order valence-corrected chi connectivity index (χ4v) is 29.0. The van der Waals surface area contributed by atoms with Gasteiger partial charge in [-0.1, -0.05) is 267 Å². The average Bonchev–Trinajstić information content (AvgIpc) is 3.71. The molecule has 310 valence electrons. The van der Waals surface area contributed by atoms with Gasteiger partial charge >= 0.3 is 0 Å². The van der Waals surface area contributed by atoms with Gasteiger partial charge in [-0.2, -0.15) is 0 Å². The van der Waals surface area contributed by atoms with Crippen molar-refractivity contribution >= 4 is 47.9 Å². The second kappa shape index (κ2) is 25.3. The maximum absolute atomic E-state index is 15.2. The highest BCUT2D eigenvalue weighted by Crippen LogP contribution is 2.48. The van der Waals surface area contributed by atoms with Crippen LogP contribution in [0.4, 0.5) is 0 Å². The topological polar surface area (TPSA) is 34.1 Å². The smallest absolute Gasteiger partial charge is 0.200 e. The minimum atomic E-state index is -3.40. The Hall–Kier alpha value is -0.176. The van der Waals surface area contributed by atoms with Crippen LogP contribution in [0.25, 0.3) is 6.08 Å². The Morgan fingerprint density at radius 3 is 0.852 bits per heavy atom. The molecule has 0 radical (unpaired) electrons. The third-order valence-electron chi connectivity index (χ3n) is 14.8. The Morgan fingerprint density at radius 2 is 0.593 bits per heavy atom. The Labute approximate surface area is 342 Å². The summed E-state index contributed by atoms with van der Waals surface area (Å²) in [6, 6.07) is 10.2. The first-order valence-electron chi connectivity index (χ1n) is 24.7. The van der Waals surface area contributed by atoms with E-state index >= 15 is 8.42 Å². The molecule has 0 saturated heterocycles. The lowest BCUT2D eigenvalue weighted by molar-refractivity contribution is 0.540. The summed E-state index contributed by atoms with van der Waals surface area (Å²) >= 11 is 2.02. The molecule has 0 N–H and O–H groups in total. The van der Waals surface area contributed by atoms with E-state index < -0.39 is 26.0 Å². The number of hydrogen-bond acceptors (Lipinski definition) is 3. The summed E-state index contributed by atoms with van der Waals surface area (Å²) in [5.74, 6) is 0. The van der Waals surface area contributed by atoms with Crippen LogP contribution in [0.5, 0.6) is 0 Å². The number of sulfone groups is 1. The van der Waals surface area contributed by atoms with E-state index in [1.165, 1.54) is 272 Å². The number of fused-ring (bicyclic) bond motifs is 39. The predicted octanol–water partition coefficient (Wildman–Crippen LogP) is 16.6. The molecule has 0 saturated carbocycles. The molecular weight excluding hydrogens is 729 g/mol. The van der Waals surface area contributed by atoms with Crippen molar-refractivity contribution in [1.82, 2.24) is 0 Å². The van der Waals surface area contributed by atoms with Crippen LogP contribution < -0.4 is 4.50 Å². The standard InChI is InChI=1S/C48H86O2S2Si2/c49-52(50)46-44-47-51-45(46)43-48(52)54-40-34-28-22-16-10-4-1-7-13-19-25-31-37-53(47,38-32-26-20-14-8-2-5-11-17-23-29-35-41-54)39-33-27-21-15-9-3-6-12-18-24-30-36-42-54/h43-44H,1-42H2. The highest BCUT2D eigenvalue weighted by atomic mass is 32.2.